The van der Waals surface area contributed by atoms with E-state index in [2.05, 4.69) is 49.4 Å². The number of alkyl halides is 3. The van der Waals surface area contributed by atoms with Crippen molar-refractivity contribution in [3.05, 3.63) is 58.8 Å². The fraction of sp³-hybridized carbons (Fsp3) is 0.393. The van der Waals surface area contributed by atoms with Gasteiger partial charge in [-0.25, -0.2) is 19.9 Å². The average Bonchev–Trinajstić information content (AvgIpc) is 2.94. The number of pyridine rings is 1. The van der Waals surface area contributed by atoms with Gasteiger partial charge in [0.2, 0.25) is 5.88 Å². The van der Waals surface area contributed by atoms with Crippen molar-refractivity contribution in [2.75, 3.05) is 17.6 Å². The molecule has 41 heavy (non-hydrogen) atoms. The second kappa shape index (κ2) is 11.7. The molecule has 0 amide bonds. The number of piperidine rings is 1. The number of halogens is 3. The molecule has 5 N–H and O–H groups in total. The molecule has 4 aromatic rings. The summed E-state index contributed by atoms with van der Waals surface area (Å²) in [7, 11) is 0. The Labute approximate surface area is 234 Å². The maximum absolute atomic E-state index is 13.7. The maximum Gasteiger partial charge on any atom is 0.433 e. The Morgan fingerprint density at radius 2 is 1.98 bits per heavy atom. The first-order valence-corrected chi connectivity index (χ1v) is 13.5. The molecule has 13 heteroatoms. The first-order valence-electron chi connectivity index (χ1n) is 13.5. The number of hydrogen-bond acceptors (Lipinski definition) is 9. The third kappa shape index (κ3) is 6.56. The molecule has 1 aliphatic heterocycles. The fourth-order valence-electron chi connectivity index (χ4n) is 5.00. The number of nitrogens with two attached hydrogens (primary N) is 1. The standard InChI is InChI=1S/C28H31F3N8O2/c1-15(2)12-20(17-6-3-4-11-33-17)36-26-16(9-10-22(38-26)28(29,30)31)19-13-23(35-14-34-19)41-21-8-5-7-18-24(21)39-25(32)27(40)37-18/h5,7-10,13-15,17,20,33H,3-4,6,11-12H2,1-2H3,(H2,32,39)(H,36,38)(H,37,40). The highest BCUT2D eigenvalue weighted by Gasteiger charge is 2.34. The van der Waals surface area contributed by atoms with Crippen LogP contribution in [-0.4, -0.2) is 43.5 Å². The molecule has 0 saturated carbocycles. The number of anilines is 2. The first kappa shape index (κ1) is 28.3. The van der Waals surface area contributed by atoms with E-state index in [1.807, 2.05) is 0 Å². The van der Waals surface area contributed by atoms with Crippen molar-refractivity contribution in [3.8, 4) is 22.9 Å². The highest BCUT2D eigenvalue weighted by molar-refractivity contribution is 5.82. The van der Waals surface area contributed by atoms with E-state index < -0.39 is 17.4 Å². The van der Waals surface area contributed by atoms with Crippen LogP contribution in [0.25, 0.3) is 22.3 Å². The van der Waals surface area contributed by atoms with Gasteiger partial charge in [-0.3, -0.25) is 4.79 Å². The van der Waals surface area contributed by atoms with Crippen molar-refractivity contribution in [1.82, 2.24) is 30.2 Å². The lowest BCUT2D eigenvalue weighted by Gasteiger charge is -2.34. The first-order chi connectivity index (χ1) is 19.6. The van der Waals surface area contributed by atoms with Gasteiger partial charge in [-0.15, -0.1) is 0 Å². The van der Waals surface area contributed by atoms with Gasteiger partial charge in [-0.05, 0) is 56.0 Å². The number of benzene rings is 1. The summed E-state index contributed by atoms with van der Waals surface area (Å²) in [6.45, 7) is 5.02. The van der Waals surface area contributed by atoms with Gasteiger partial charge < -0.3 is 26.1 Å². The van der Waals surface area contributed by atoms with Crippen molar-refractivity contribution >= 4 is 22.7 Å². The molecule has 3 aromatic heterocycles. The Hall–Kier alpha value is -4.26. The third-order valence-electron chi connectivity index (χ3n) is 6.91. The molecule has 0 bridgehead atoms. The van der Waals surface area contributed by atoms with Crippen LogP contribution in [-0.2, 0) is 6.18 Å². The van der Waals surface area contributed by atoms with Gasteiger partial charge in [-0.1, -0.05) is 26.3 Å². The molecule has 0 aliphatic carbocycles. The third-order valence-corrected chi connectivity index (χ3v) is 6.91. The predicted molar refractivity (Wildman–Crippen MR) is 150 cm³/mol. The summed E-state index contributed by atoms with van der Waals surface area (Å²) in [5.74, 6) is 0.571. The van der Waals surface area contributed by atoms with Crippen LogP contribution >= 0.6 is 0 Å². The number of H-pyrrole nitrogens is 1. The van der Waals surface area contributed by atoms with Crippen LogP contribution in [0.3, 0.4) is 0 Å². The average molecular weight is 569 g/mol. The van der Waals surface area contributed by atoms with Crippen LogP contribution in [0, 0.1) is 5.92 Å². The Morgan fingerprint density at radius 3 is 2.71 bits per heavy atom. The monoisotopic (exact) mass is 568 g/mol. The molecule has 0 radical (unpaired) electrons. The van der Waals surface area contributed by atoms with Crippen LogP contribution in [0.1, 0.15) is 45.2 Å². The van der Waals surface area contributed by atoms with E-state index in [1.165, 1.54) is 18.5 Å². The Kier molecular flexibility index (Phi) is 8.06. The molecule has 0 spiro atoms. The molecule has 1 aliphatic rings. The van der Waals surface area contributed by atoms with E-state index in [4.69, 9.17) is 10.5 Å². The lowest BCUT2D eigenvalue weighted by Crippen LogP contribution is -2.47. The normalized spacial score (nSPS) is 16.6. The van der Waals surface area contributed by atoms with Crippen molar-refractivity contribution in [1.29, 1.82) is 0 Å². The lowest BCUT2D eigenvalue weighted by molar-refractivity contribution is -0.141. The molecular weight excluding hydrogens is 537 g/mol. The van der Waals surface area contributed by atoms with Crippen molar-refractivity contribution in [2.45, 2.75) is 57.8 Å². The second-order valence-corrected chi connectivity index (χ2v) is 10.5. The molecule has 1 fully saturated rings. The van der Waals surface area contributed by atoms with E-state index in [9.17, 15) is 18.0 Å². The zero-order valence-corrected chi connectivity index (χ0v) is 22.6. The van der Waals surface area contributed by atoms with Crippen LogP contribution in [0.4, 0.5) is 24.8 Å². The maximum atomic E-state index is 13.7. The zero-order chi connectivity index (χ0) is 29.1. The summed E-state index contributed by atoms with van der Waals surface area (Å²) >= 11 is 0. The number of hydrogen-bond donors (Lipinski definition) is 4. The number of nitrogens with one attached hydrogen (secondary N) is 3. The van der Waals surface area contributed by atoms with E-state index in [-0.39, 0.29) is 35.3 Å². The Balaban J connectivity index is 1.52. The van der Waals surface area contributed by atoms with Crippen molar-refractivity contribution < 1.29 is 17.9 Å². The summed E-state index contributed by atoms with van der Waals surface area (Å²) in [6.07, 6.45) is 0.416. The largest absolute Gasteiger partial charge is 0.437 e. The van der Waals surface area contributed by atoms with Gasteiger partial charge >= 0.3 is 6.18 Å². The van der Waals surface area contributed by atoms with Gasteiger partial charge in [0.25, 0.3) is 5.56 Å². The smallest absolute Gasteiger partial charge is 0.433 e. The number of aromatic nitrogens is 5. The SMILES string of the molecule is CC(C)CC(Nc1nc(C(F)(F)F)ccc1-c1cc(Oc2cccc3[nH]c(=O)c(N)nc23)ncn1)C1CCCCN1. The topological polar surface area (TPSA) is 144 Å². The molecule has 4 heterocycles. The summed E-state index contributed by atoms with van der Waals surface area (Å²) in [4.78, 5) is 31.1. The van der Waals surface area contributed by atoms with Crippen molar-refractivity contribution in [3.63, 3.8) is 0 Å². The lowest BCUT2D eigenvalue weighted by atomic mass is 9.91. The molecule has 10 nitrogen and oxygen atoms in total. The van der Waals surface area contributed by atoms with Gasteiger partial charge in [0, 0.05) is 23.7 Å². The van der Waals surface area contributed by atoms with Gasteiger partial charge in [0.05, 0.1) is 11.2 Å². The number of para-hydroxylation sites is 1. The van der Waals surface area contributed by atoms with Gasteiger partial charge in [0.1, 0.15) is 23.4 Å². The predicted octanol–water partition coefficient (Wildman–Crippen LogP) is 5.14. The van der Waals surface area contributed by atoms with E-state index in [0.717, 1.165) is 38.3 Å². The minimum atomic E-state index is -4.62. The quantitative estimate of drug-likeness (QED) is 0.227. The van der Waals surface area contributed by atoms with Crippen LogP contribution in [0.5, 0.6) is 11.6 Å². The van der Waals surface area contributed by atoms with Crippen LogP contribution in [0.2, 0.25) is 0 Å². The Morgan fingerprint density at radius 1 is 1.15 bits per heavy atom. The number of rotatable bonds is 8. The molecular formula is C28H31F3N8O2. The number of nitrogen functional groups attached to an aromatic ring is 1. The van der Waals surface area contributed by atoms with Crippen molar-refractivity contribution in [2.24, 2.45) is 5.92 Å². The summed E-state index contributed by atoms with van der Waals surface area (Å²) in [5.41, 5.74) is 5.61. The summed E-state index contributed by atoms with van der Waals surface area (Å²) in [5, 5.41) is 6.84. The van der Waals surface area contributed by atoms with Gasteiger partial charge in [-0.2, -0.15) is 13.2 Å². The van der Waals surface area contributed by atoms with Crippen LogP contribution in [0.15, 0.2) is 47.5 Å². The molecule has 1 aromatic carbocycles. The van der Waals surface area contributed by atoms with E-state index >= 15 is 0 Å². The second-order valence-electron chi connectivity index (χ2n) is 10.5. The number of nitrogens with zero attached hydrogens (tertiary/aromatic N) is 4. The molecule has 2 atom stereocenters. The summed E-state index contributed by atoms with van der Waals surface area (Å²) in [6, 6.07) is 8.72. The molecule has 2 unspecified atom stereocenters. The van der Waals surface area contributed by atoms with Gasteiger partial charge in [0.15, 0.2) is 11.6 Å². The molecule has 216 valence electrons. The minimum Gasteiger partial charge on any atom is -0.437 e. The number of ether oxygens (including phenoxy) is 1. The molecule has 1 saturated heterocycles. The summed E-state index contributed by atoms with van der Waals surface area (Å²) < 4.78 is 47.1. The van der Waals surface area contributed by atoms with E-state index in [1.54, 1.807) is 18.2 Å². The number of fused-ring (bicyclic) bond motifs is 1. The highest BCUT2D eigenvalue weighted by Crippen LogP contribution is 2.35. The highest BCUT2D eigenvalue weighted by atomic mass is 19.4. The van der Waals surface area contributed by atoms with E-state index in [0.29, 0.717) is 28.2 Å². The minimum absolute atomic E-state index is 0.0830. The number of aromatic amines is 1. The zero-order valence-electron chi connectivity index (χ0n) is 22.6. The fourth-order valence-corrected chi connectivity index (χ4v) is 5.00. The van der Waals surface area contributed by atoms with Crippen LogP contribution < -0.4 is 26.7 Å². The molecule has 5 rings (SSSR count). The Bertz CT molecular complexity index is 1590.